The van der Waals surface area contributed by atoms with Crippen molar-refractivity contribution in [2.24, 2.45) is 0 Å². The second-order valence-corrected chi connectivity index (χ2v) is 9.41. The lowest BCUT2D eigenvalue weighted by Crippen LogP contribution is -2.22. The van der Waals surface area contributed by atoms with E-state index in [1.54, 1.807) is 0 Å². The second-order valence-electron chi connectivity index (χ2n) is 7.63. The monoisotopic (exact) mass is 458 g/mol. The third-order valence-corrected chi connectivity index (χ3v) is 5.48. The van der Waals surface area contributed by atoms with Gasteiger partial charge in [-0.1, -0.05) is 66.5 Å². The number of carbonyl (C=O) groups excluding carboxylic acids is 1. The largest absolute Gasteiger partial charge is 0.483 e. The summed E-state index contributed by atoms with van der Waals surface area (Å²) in [5.74, 6) is 0.514. The van der Waals surface area contributed by atoms with Gasteiger partial charge in [-0.15, -0.1) is 11.3 Å². The Morgan fingerprint density at radius 2 is 1.89 bits per heavy atom. The molecule has 0 aliphatic carbocycles. The minimum Gasteiger partial charge on any atom is -0.483 e. The van der Waals surface area contributed by atoms with Crippen LogP contribution in [0.15, 0.2) is 52.3 Å². The van der Waals surface area contributed by atoms with Crippen molar-refractivity contribution in [3.05, 3.63) is 63.4 Å². The lowest BCUT2D eigenvalue weighted by atomic mass is 9.85. The van der Waals surface area contributed by atoms with Crippen LogP contribution in [0.2, 0.25) is 0 Å². The van der Waals surface area contributed by atoms with Crippen LogP contribution >= 0.6 is 27.3 Å². The number of aryl methyl sites for hydroxylation is 1. The van der Waals surface area contributed by atoms with E-state index in [0.29, 0.717) is 5.13 Å². The number of hydrogen-bond acceptors (Lipinski definition) is 4. The van der Waals surface area contributed by atoms with Crippen molar-refractivity contribution in [2.45, 2.75) is 33.1 Å². The summed E-state index contributed by atoms with van der Waals surface area (Å²) in [5, 5.41) is 5.31. The smallest absolute Gasteiger partial charge is 0.264 e. The summed E-state index contributed by atoms with van der Waals surface area (Å²) < 4.78 is 6.83. The molecule has 3 aromatic rings. The summed E-state index contributed by atoms with van der Waals surface area (Å²) >= 11 is 4.82. The van der Waals surface area contributed by atoms with E-state index in [0.717, 1.165) is 27.0 Å². The Kier molecular flexibility index (Phi) is 6.20. The zero-order valence-corrected chi connectivity index (χ0v) is 18.8. The van der Waals surface area contributed by atoms with E-state index < -0.39 is 0 Å². The number of hydrogen-bond donors (Lipinski definition) is 1. The predicted molar refractivity (Wildman–Crippen MR) is 119 cm³/mol. The number of benzene rings is 2. The van der Waals surface area contributed by atoms with E-state index in [4.69, 9.17) is 4.74 Å². The number of ether oxygens (including phenoxy) is 1. The van der Waals surface area contributed by atoms with Gasteiger partial charge in [-0.05, 0) is 36.1 Å². The van der Waals surface area contributed by atoms with E-state index in [-0.39, 0.29) is 17.9 Å². The van der Waals surface area contributed by atoms with Crippen molar-refractivity contribution in [3.63, 3.8) is 0 Å². The molecule has 0 spiro atoms. The molecule has 1 N–H and O–H groups in total. The third kappa shape index (κ3) is 5.20. The molecule has 3 rings (SSSR count). The van der Waals surface area contributed by atoms with Crippen LogP contribution in [0.4, 0.5) is 5.13 Å². The molecule has 0 saturated carbocycles. The Hall–Kier alpha value is -2.18. The molecule has 28 heavy (non-hydrogen) atoms. The molecule has 6 heteroatoms. The fourth-order valence-electron chi connectivity index (χ4n) is 2.74. The minimum absolute atomic E-state index is 0.0562. The molecule has 146 valence electrons. The highest BCUT2D eigenvalue weighted by atomic mass is 79.9. The zero-order chi connectivity index (χ0) is 20.3. The van der Waals surface area contributed by atoms with E-state index in [9.17, 15) is 4.79 Å². The average Bonchev–Trinajstić information content (AvgIpc) is 3.09. The Morgan fingerprint density at radius 1 is 1.18 bits per heavy atom. The van der Waals surface area contributed by atoms with Crippen LogP contribution in [-0.4, -0.2) is 17.5 Å². The number of halogens is 1. The molecule has 1 aromatic heterocycles. The number of aromatic nitrogens is 1. The first-order chi connectivity index (χ1) is 13.2. The van der Waals surface area contributed by atoms with Gasteiger partial charge >= 0.3 is 0 Å². The SMILES string of the molecule is Cc1ccc(OCC(=O)Nc2nc(-c3ccc(Br)cc3)cs2)c(C(C)(C)C)c1. The molecular weight excluding hydrogens is 436 g/mol. The van der Waals surface area contributed by atoms with Crippen molar-refractivity contribution in [2.75, 3.05) is 11.9 Å². The fourth-order valence-corrected chi connectivity index (χ4v) is 3.74. The molecule has 0 unspecified atom stereocenters. The van der Waals surface area contributed by atoms with Gasteiger partial charge in [0.2, 0.25) is 0 Å². The van der Waals surface area contributed by atoms with Crippen molar-refractivity contribution >= 4 is 38.3 Å². The molecule has 0 aliphatic heterocycles. The number of nitrogens with zero attached hydrogens (tertiary/aromatic N) is 1. The average molecular weight is 459 g/mol. The van der Waals surface area contributed by atoms with Gasteiger partial charge in [0.15, 0.2) is 11.7 Å². The third-order valence-electron chi connectivity index (χ3n) is 4.19. The molecule has 0 fully saturated rings. The van der Waals surface area contributed by atoms with Crippen molar-refractivity contribution in [1.29, 1.82) is 0 Å². The van der Waals surface area contributed by atoms with Crippen LogP contribution in [0.25, 0.3) is 11.3 Å². The van der Waals surface area contributed by atoms with E-state index >= 15 is 0 Å². The Labute approximate surface area is 178 Å². The number of anilines is 1. The first-order valence-electron chi connectivity index (χ1n) is 8.97. The molecule has 1 amide bonds. The lowest BCUT2D eigenvalue weighted by molar-refractivity contribution is -0.118. The highest BCUT2D eigenvalue weighted by molar-refractivity contribution is 9.10. The summed E-state index contributed by atoms with van der Waals surface area (Å²) in [6.45, 7) is 8.40. The topological polar surface area (TPSA) is 51.2 Å². The van der Waals surface area contributed by atoms with Gasteiger partial charge in [-0.25, -0.2) is 4.98 Å². The van der Waals surface area contributed by atoms with Crippen molar-refractivity contribution in [3.8, 4) is 17.0 Å². The van der Waals surface area contributed by atoms with Gasteiger partial charge in [0.05, 0.1) is 5.69 Å². The molecule has 0 atom stereocenters. The summed E-state index contributed by atoms with van der Waals surface area (Å²) in [6.07, 6.45) is 0. The van der Waals surface area contributed by atoms with Crippen LogP contribution in [-0.2, 0) is 10.2 Å². The number of nitrogens with one attached hydrogen (secondary N) is 1. The van der Waals surface area contributed by atoms with Gasteiger partial charge in [0, 0.05) is 15.4 Å². The van der Waals surface area contributed by atoms with E-state index in [2.05, 4.69) is 60.0 Å². The maximum atomic E-state index is 12.3. The van der Waals surface area contributed by atoms with Crippen molar-refractivity contribution < 1.29 is 9.53 Å². The number of rotatable bonds is 5. The molecule has 0 aliphatic rings. The molecule has 0 saturated heterocycles. The molecule has 0 radical (unpaired) electrons. The first-order valence-corrected chi connectivity index (χ1v) is 10.6. The van der Waals surface area contributed by atoms with Gasteiger partial charge in [-0.2, -0.15) is 0 Å². The molecule has 2 aromatic carbocycles. The van der Waals surface area contributed by atoms with Crippen LogP contribution in [0.3, 0.4) is 0 Å². The first kappa shape index (κ1) is 20.6. The van der Waals surface area contributed by atoms with Crippen LogP contribution in [0.5, 0.6) is 5.75 Å². The quantitative estimate of drug-likeness (QED) is 0.495. The summed E-state index contributed by atoms with van der Waals surface area (Å²) in [4.78, 5) is 16.8. The number of thiazole rings is 1. The van der Waals surface area contributed by atoms with Gasteiger partial charge < -0.3 is 4.74 Å². The number of carbonyl (C=O) groups is 1. The normalized spacial score (nSPS) is 11.3. The maximum absolute atomic E-state index is 12.3. The van der Waals surface area contributed by atoms with E-state index in [1.165, 1.54) is 16.9 Å². The summed E-state index contributed by atoms with van der Waals surface area (Å²) in [6, 6.07) is 13.9. The summed E-state index contributed by atoms with van der Waals surface area (Å²) in [5.41, 5.74) is 4.04. The molecular formula is C22H23BrN2O2S. The minimum atomic E-state index is -0.225. The van der Waals surface area contributed by atoms with Gasteiger partial charge in [0.25, 0.3) is 5.91 Å². The van der Waals surface area contributed by atoms with Crippen LogP contribution < -0.4 is 10.1 Å². The van der Waals surface area contributed by atoms with Crippen molar-refractivity contribution in [1.82, 2.24) is 4.98 Å². The maximum Gasteiger partial charge on any atom is 0.264 e. The standard InChI is InChI=1S/C22H23BrN2O2S/c1-14-5-10-19(17(11-14)22(2,3)4)27-12-20(26)25-21-24-18(13-28-21)15-6-8-16(23)9-7-15/h5-11,13H,12H2,1-4H3,(H,24,25,26). The Bertz CT molecular complexity index is 975. The fraction of sp³-hybridized carbons (Fsp3) is 0.273. The van der Waals surface area contributed by atoms with Crippen LogP contribution in [0, 0.1) is 6.92 Å². The van der Waals surface area contributed by atoms with Gasteiger partial charge in [0.1, 0.15) is 5.75 Å². The van der Waals surface area contributed by atoms with E-state index in [1.807, 2.05) is 41.8 Å². The summed E-state index contributed by atoms with van der Waals surface area (Å²) in [7, 11) is 0. The molecule has 1 heterocycles. The Morgan fingerprint density at radius 3 is 2.57 bits per heavy atom. The Balaban J connectivity index is 1.64. The van der Waals surface area contributed by atoms with Gasteiger partial charge in [-0.3, -0.25) is 10.1 Å². The molecule has 4 nitrogen and oxygen atoms in total. The second kappa shape index (κ2) is 8.45. The lowest BCUT2D eigenvalue weighted by Gasteiger charge is -2.23. The predicted octanol–water partition coefficient (Wildman–Crippen LogP) is 6.20. The highest BCUT2D eigenvalue weighted by Crippen LogP contribution is 2.32. The zero-order valence-electron chi connectivity index (χ0n) is 16.4. The highest BCUT2D eigenvalue weighted by Gasteiger charge is 2.20. The number of amides is 1. The van der Waals surface area contributed by atoms with Crippen LogP contribution in [0.1, 0.15) is 31.9 Å². The molecule has 0 bridgehead atoms.